The maximum Gasteiger partial charge on any atom is 0.0668 e. The number of carboxylic acids is 1. The molecule has 3 nitrogen and oxygen atoms in total. The molecule has 0 N–H and O–H groups in total. The molecule has 0 bridgehead atoms. The van der Waals surface area contributed by atoms with Crippen LogP contribution in [0.4, 0.5) is 0 Å². The first-order valence-corrected chi connectivity index (χ1v) is 3.44. The quantitative estimate of drug-likeness (QED) is 0.422. The maximum atomic E-state index is 10.1. The van der Waals surface area contributed by atoms with Gasteiger partial charge in [0, 0.05) is 6.42 Å². The number of nitrogens with zero attached hydrogens (tertiary/aromatic N) is 1. The molecule has 0 aromatic carbocycles. The summed E-state index contributed by atoms with van der Waals surface area (Å²) in [6.45, 7) is 3.31. The molecule has 0 aliphatic rings. The summed E-state index contributed by atoms with van der Waals surface area (Å²) >= 11 is 0. The molecule has 0 saturated heterocycles. The predicted molar refractivity (Wildman–Crippen MR) is 38.2 cm³/mol. The lowest BCUT2D eigenvalue weighted by Crippen LogP contribution is -2.23. The number of rotatable bonds is 5. The summed E-state index contributed by atoms with van der Waals surface area (Å²) in [5.41, 5.74) is 0.114. The number of unbranched alkanes of at least 4 members (excludes halogenated alkanes) is 2. The van der Waals surface area contributed by atoms with Crippen LogP contribution in [0.2, 0.25) is 0 Å². The Morgan fingerprint density at radius 1 is 1.55 bits per heavy atom. The van der Waals surface area contributed by atoms with Crippen molar-refractivity contribution < 1.29 is 9.90 Å². The number of nitriles is 1. The van der Waals surface area contributed by atoms with Crippen molar-refractivity contribution in [3.05, 3.63) is 12.2 Å². The number of carboxylic acid groups (broad SMARTS) is 1. The molecule has 0 heterocycles. The molecule has 0 radical (unpaired) electrons. The molecule has 0 fully saturated rings. The Balaban J connectivity index is 3.34. The van der Waals surface area contributed by atoms with Gasteiger partial charge in [0.15, 0.2) is 0 Å². The summed E-state index contributed by atoms with van der Waals surface area (Å²) in [5.74, 6) is -1.19. The second-order valence-electron chi connectivity index (χ2n) is 2.26. The van der Waals surface area contributed by atoms with Gasteiger partial charge in [-0.05, 0) is 24.8 Å². The Morgan fingerprint density at radius 2 is 2.18 bits per heavy atom. The van der Waals surface area contributed by atoms with Crippen LogP contribution in [0.15, 0.2) is 12.2 Å². The van der Waals surface area contributed by atoms with Gasteiger partial charge in [-0.2, -0.15) is 5.26 Å². The fourth-order valence-corrected chi connectivity index (χ4v) is 0.645. The van der Waals surface area contributed by atoms with E-state index in [1.54, 1.807) is 0 Å². The SMILES string of the molecule is C=C(CCCCC#N)C(=O)[O-]. The van der Waals surface area contributed by atoms with Gasteiger partial charge in [0.05, 0.1) is 12.0 Å². The highest BCUT2D eigenvalue weighted by Gasteiger charge is 1.94. The van der Waals surface area contributed by atoms with Crippen molar-refractivity contribution in [2.24, 2.45) is 0 Å². The molecule has 60 valence electrons. The molecular formula is C8H10NO2-. The van der Waals surface area contributed by atoms with Crippen molar-refractivity contribution in [1.29, 1.82) is 5.26 Å². The van der Waals surface area contributed by atoms with Gasteiger partial charge in [0.2, 0.25) is 0 Å². The van der Waals surface area contributed by atoms with E-state index in [4.69, 9.17) is 5.26 Å². The molecule has 0 amide bonds. The third-order valence-electron chi connectivity index (χ3n) is 1.31. The van der Waals surface area contributed by atoms with Gasteiger partial charge in [-0.1, -0.05) is 6.58 Å². The Bertz CT molecular complexity index is 191. The van der Waals surface area contributed by atoms with Gasteiger partial charge >= 0.3 is 0 Å². The van der Waals surface area contributed by atoms with Crippen molar-refractivity contribution >= 4 is 5.97 Å². The summed E-state index contributed by atoms with van der Waals surface area (Å²) in [4.78, 5) is 10.1. The zero-order valence-corrected chi connectivity index (χ0v) is 6.30. The average Bonchev–Trinajstić information content (AvgIpc) is 1.97. The van der Waals surface area contributed by atoms with Crippen LogP contribution in [0.1, 0.15) is 25.7 Å². The molecule has 0 aromatic heterocycles. The number of carbonyl (C=O) groups excluding carboxylic acids is 1. The van der Waals surface area contributed by atoms with E-state index in [1.165, 1.54) is 0 Å². The highest BCUT2D eigenvalue weighted by Crippen LogP contribution is 2.05. The molecular weight excluding hydrogens is 142 g/mol. The van der Waals surface area contributed by atoms with Crippen LogP contribution >= 0.6 is 0 Å². The number of hydrogen-bond donors (Lipinski definition) is 0. The first kappa shape index (κ1) is 9.70. The highest BCUT2D eigenvalue weighted by atomic mass is 16.4. The molecule has 0 aromatic rings. The van der Waals surface area contributed by atoms with E-state index in [0.29, 0.717) is 19.3 Å². The lowest BCUT2D eigenvalue weighted by atomic mass is 10.1. The van der Waals surface area contributed by atoms with Crippen molar-refractivity contribution in [3.8, 4) is 6.07 Å². The first-order valence-electron chi connectivity index (χ1n) is 3.44. The van der Waals surface area contributed by atoms with Gasteiger partial charge in [0.1, 0.15) is 0 Å². The lowest BCUT2D eigenvalue weighted by Gasteiger charge is -2.03. The van der Waals surface area contributed by atoms with Crippen LogP contribution in [0.25, 0.3) is 0 Å². The van der Waals surface area contributed by atoms with Crippen LogP contribution in [0.3, 0.4) is 0 Å². The predicted octanol–water partition coefficient (Wildman–Crippen LogP) is 0.376. The van der Waals surface area contributed by atoms with Crippen molar-refractivity contribution in [1.82, 2.24) is 0 Å². The zero-order chi connectivity index (χ0) is 8.69. The second-order valence-corrected chi connectivity index (χ2v) is 2.26. The van der Waals surface area contributed by atoms with Crippen molar-refractivity contribution in [3.63, 3.8) is 0 Å². The minimum Gasteiger partial charge on any atom is -0.545 e. The Labute approximate surface area is 66.0 Å². The van der Waals surface area contributed by atoms with E-state index >= 15 is 0 Å². The first-order chi connectivity index (χ1) is 5.18. The molecule has 0 rings (SSSR count). The topological polar surface area (TPSA) is 63.9 Å². The molecule has 0 spiro atoms. The Hall–Kier alpha value is -1.30. The average molecular weight is 152 g/mol. The third-order valence-corrected chi connectivity index (χ3v) is 1.31. The number of hydrogen-bond acceptors (Lipinski definition) is 3. The van der Waals surface area contributed by atoms with Gasteiger partial charge in [-0.3, -0.25) is 0 Å². The van der Waals surface area contributed by atoms with E-state index in [1.807, 2.05) is 6.07 Å². The lowest BCUT2D eigenvalue weighted by molar-refractivity contribution is -0.299. The largest absolute Gasteiger partial charge is 0.545 e. The van der Waals surface area contributed by atoms with Gasteiger partial charge in [-0.15, -0.1) is 0 Å². The summed E-state index contributed by atoms with van der Waals surface area (Å²) in [6, 6.07) is 1.98. The van der Waals surface area contributed by atoms with E-state index < -0.39 is 5.97 Å². The molecule has 0 unspecified atom stereocenters. The van der Waals surface area contributed by atoms with E-state index in [9.17, 15) is 9.90 Å². The normalized spacial score (nSPS) is 8.64. The third kappa shape index (κ3) is 5.16. The fourth-order valence-electron chi connectivity index (χ4n) is 0.645. The van der Waals surface area contributed by atoms with E-state index in [-0.39, 0.29) is 5.57 Å². The van der Waals surface area contributed by atoms with Crippen LogP contribution in [0.5, 0.6) is 0 Å². The molecule has 0 atom stereocenters. The summed E-state index contributed by atoms with van der Waals surface area (Å²) in [7, 11) is 0. The standard InChI is InChI=1S/C8H11NO2/c1-7(8(10)11)5-3-2-4-6-9/h1-5H2,(H,10,11)/p-1. The van der Waals surface area contributed by atoms with Crippen LogP contribution in [0, 0.1) is 11.3 Å². The highest BCUT2D eigenvalue weighted by molar-refractivity contribution is 5.83. The minimum atomic E-state index is -1.19. The molecule has 0 aliphatic heterocycles. The van der Waals surface area contributed by atoms with Gasteiger partial charge in [-0.25, -0.2) is 0 Å². The molecule has 0 aliphatic carbocycles. The summed E-state index contributed by atoms with van der Waals surface area (Å²) in [5, 5.41) is 18.2. The number of aliphatic carboxylic acids is 1. The monoisotopic (exact) mass is 152 g/mol. The molecule has 11 heavy (non-hydrogen) atoms. The second kappa shape index (κ2) is 5.48. The van der Waals surface area contributed by atoms with Crippen molar-refractivity contribution in [2.75, 3.05) is 0 Å². The van der Waals surface area contributed by atoms with Crippen LogP contribution < -0.4 is 5.11 Å². The molecule has 3 heteroatoms. The van der Waals surface area contributed by atoms with E-state index in [0.717, 1.165) is 6.42 Å². The summed E-state index contributed by atoms with van der Waals surface area (Å²) < 4.78 is 0. The van der Waals surface area contributed by atoms with E-state index in [2.05, 4.69) is 6.58 Å². The summed E-state index contributed by atoms with van der Waals surface area (Å²) in [6.07, 6.45) is 2.31. The zero-order valence-electron chi connectivity index (χ0n) is 6.30. The Kier molecular flexibility index (Phi) is 4.83. The maximum absolute atomic E-state index is 10.1. The van der Waals surface area contributed by atoms with Crippen molar-refractivity contribution in [2.45, 2.75) is 25.7 Å². The fraction of sp³-hybridized carbons (Fsp3) is 0.500. The van der Waals surface area contributed by atoms with Gasteiger partial charge in [0.25, 0.3) is 0 Å². The molecule has 0 saturated carbocycles. The minimum absolute atomic E-state index is 0.114. The van der Waals surface area contributed by atoms with Crippen LogP contribution in [-0.4, -0.2) is 5.97 Å². The number of carbonyl (C=O) groups is 1. The van der Waals surface area contributed by atoms with Crippen LogP contribution in [-0.2, 0) is 4.79 Å². The van der Waals surface area contributed by atoms with Gasteiger partial charge < -0.3 is 9.90 Å². The Morgan fingerprint density at radius 3 is 2.64 bits per heavy atom. The smallest absolute Gasteiger partial charge is 0.0668 e.